The molecule has 0 saturated carbocycles. The number of ether oxygens (including phenoxy) is 1. The van der Waals surface area contributed by atoms with Gasteiger partial charge in [-0.2, -0.15) is 13.2 Å². The third-order valence-corrected chi connectivity index (χ3v) is 5.28. The van der Waals surface area contributed by atoms with E-state index in [-0.39, 0.29) is 13.0 Å². The fourth-order valence-corrected chi connectivity index (χ4v) is 2.86. The van der Waals surface area contributed by atoms with Crippen LogP contribution in [0.3, 0.4) is 0 Å². The molecule has 1 aromatic carbocycles. The van der Waals surface area contributed by atoms with Crippen LogP contribution in [-0.4, -0.2) is 55.1 Å². The number of benzene rings is 1. The quantitative estimate of drug-likeness (QED) is 0.383. The number of alkyl carbamates (subject to hydrolysis) is 1. The number of nitrogens with one attached hydrogen (secondary N) is 2. The molecule has 0 spiro atoms. The zero-order valence-electron chi connectivity index (χ0n) is 16.2. The molecule has 0 bridgehead atoms. The van der Waals surface area contributed by atoms with Crippen molar-refractivity contribution in [3.05, 3.63) is 33.4 Å². The molecular formula is C18H25F3IN3O4. The SMILES string of the molecule is COC(=O)N[C@H](C(=O)NC(Cc1ccc(I)cc1)[C@@H](O)CN)C(C)(C)C(F)(F)F. The van der Waals surface area contributed by atoms with E-state index in [0.29, 0.717) is 0 Å². The van der Waals surface area contributed by atoms with Crippen molar-refractivity contribution in [3.63, 3.8) is 0 Å². The van der Waals surface area contributed by atoms with Crippen LogP contribution in [0.2, 0.25) is 0 Å². The molecule has 0 aliphatic rings. The zero-order chi connectivity index (χ0) is 22.4. The summed E-state index contributed by atoms with van der Waals surface area (Å²) in [5, 5.41) is 14.5. The minimum atomic E-state index is -4.80. The van der Waals surface area contributed by atoms with Gasteiger partial charge in [-0.15, -0.1) is 0 Å². The first kappa shape index (κ1) is 25.4. The average molecular weight is 531 g/mol. The standard InChI is InChI=1S/C18H25F3IN3O4/c1-17(2,18(19,20)21)14(25-16(28)29-3)15(27)24-12(13(26)9-23)8-10-4-6-11(22)7-5-10/h4-7,12-14,26H,8-9,23H2,1-3H3,(H,24,27)(H,25,28)/t12?,13-,14+/m0/s1. The van der Waals surface area contributed by atoms with Gasteiger partial charge in [0.05, 0.1) is 24.7 Å². The summed E-state index contributed by atoms with van der Waals surface area (Å²) < 4.78 is 45.8. The number of methoxy groups -OCH3 is 1. The third-order valence-electron chi connectivity index (χ3n) is 4.56. The van der Waals surface area contributed by atoms with Gasteiger partial charge < -0.3 is 26.2 Å². The second-order valence-electron chi connectivity index (χ2n) is 7.04. The Morgan fingerprint density at radius 3 is 2.21 bits per heavy atom. The first-order chi connectivity index (χ1) is 13.3. The Bertz CT molecular complexity index is 699. The second kappa shape index (κ2) is 10.4. The van der Waals surface area contributed by atoms with Crippen LogP contribution in [0.15, 0.2) is 24.3 Å². The number of aliphatic hydroxyl groups excluding tert-OH is 1. The monoisotopic (exact) mass is 531 g/mol. The summed E-state index contributed by atoms with van der Waals surface area (Å²) in [5.74, 6) is -1.11. The number of rotatable bonds is 8. The number of halogens is 4. The molecule has 7 nitrogen and oxygen atoms in total. The van der Waals surface area contributed by atoms with E-state index in [0.717, 1.165) is 30.1 Å². The van der Waals surface area contributed by atoms with Crippen LogP contribution < -0.4 is 16.4 Å². The van der Waals surface area contributed by atoms with E-state index in [1.54, 1.807) is 12.1 Å². The topological polar surface area (TPSA) is 114 Å². The lowest BCUT2D eigenvalue weighted by molar-refractivity contribution is -0.220. The highest BCUT2D eigenvalue weighted by molar-refractivity contribution is 14.1. The highest BCUT2D eigenvalue weighted by Gasteiger charge is 2.55. The van der Waals surface area contributed by atoms with E-state index in [2.05, 4.69) is 32.6 Å². The molecule has 0 heterocycles. The maximum Gasteiger partial charge on any atom is 0.407 e. The molecule has 164 valence electrons. The minimum absolute atomic E-state index is 0.137. The molecule has 2 amide bonds. The van der Waals surface area contributed by atoms with E-state index in [9.17, 15) is 27.9 Å². The summed E-state index contributed by atoms with van der Waals surface area (Å²) in [4.78, 5) is 24.3. The van der Waals surface area contributed by atoms with Crippen molar-refractivity contribution in [1.29, 1.82) is 0 Å². The molecule has 0 aromatic heterocycles. The predicted molar refractivity (Wildman–Crippen MR) is 109 cm³/mol. The number of carbonyl (C=O) groups excluding carboxylic acids is 2. The van der Waals surface area contributed by atoms with Crippen molar-refractivity contribution in [1.82, 2.24) is 10.6 Å². The Morgan fingerprint density at radius 2 is 1.76 bits per heavy atom. The van der Waals surface area contributed by atoms with Gasteiger partial charge in [0.15, 0.2) is 0 Å². The number of hydrogen-bond donors (Lipinski definition) is 4. The molecular weight excluding hydrogens is 506 g/mol. The van der Waals surface area contributed by atoms with Gasteiger partial charge in [0.1, 0.15) is 6.04 Å². The number of nitrogens with two attached hydrogens (primary N) is 1. The summed E-state index contributed by atoms with van der Waals surface area (Å²) in [6, 6.07) is 4.23. The van der Waals surface area contributed by atoms with Crippen LogP contribution in [0.1, 0.15) is 19.4 Å². The third kappa shape index (κ3) is 7.00. The lowest BCUT2D eigenvalue weighted by atomic mass is 9.82. The van der Waals surface area contributed by atoms with Crippen LogP contribution in [0.4, 0.5) is 18.0 Å². The van der Waals surface area contributed by atoms with Crippen molar-refractivity contribution in [3.8, 4) is 0 Å². The molecule has 1 aromatic rings. The maximum atomic E-state index is 13.5. The lowest BCUT2D eigenvalue weighted by Crippen LogP contribution is -2.62. The molecule has 29 heavy (non-hydrogen) atoms. The smallest absolute Gasteiger partial charge is 0.407 e. The van der Waals surface area contributed by atoms with Crippen LogP contribution in [-0.2, 0) is 16.0 Å². The largest absolute Gasteiger partial charge is 0.453 e. The summed E-state index contributed by atoms with van der Waals surface area (Å²) in [5.41, 5.74) is 3.63. The fourth-order valence-electron chi connectivity index (χ4n) is 2.50. The Kier molecular flexibility index (Phi) is 9.15. The van der Waals surface area contributed by atoms with Crippen molar-refractivity contribution in [2.45, 2.75) is 44.6 Å². The van der Waals surface area contributed by atoms with Gasteiger partial charge in [0.25, 0.3) is 0 Å². The molecule has 0 saturated heterocycles. The van der Waals surface area contributed by atoms with Gasteiger partial charge >= 0.3 is 12.3 Å². The van der Waals surface area contributed by atoms with E-state index in [1.165, 1.54) is 0 Å². The van der Waals surface area contributed by atoms with Gasteiger partial charge in [-0.05, 0) is 60.6 Å². The highest BCUT2D eigenvalue weighted by atomic mass is 127. The number of carbonyl (C=O) groups is 2. The molecule has 0 fully saturated rings. The zero-order valence-corrected chi connectivity index (χ0v) is 18.4. The molecule has 0 aliphatic carbocycles. The molecule has 1 unspecified atom stereocenters. The molecule has 11 heteroatoms. The van der Waals surface area contributed by atoms with Crippen molar-refractivity contribution in [2.24, 2.45) is 11.1 Å². The molecule has 1 rings (SSSR count). The van der Waals surface area contributed by atoms with Crippen molar-refractivity contribution >= 4 is 34.6 Å². The highest BCUT2D eigenvalue weighted by Crippen LogP contribution is 2.40. The molecule has 0 aliphatic heterocycles. The summed E-state index contributed by atoms with van der Waals surface area (Å²) in [6.07, 6.45) is -7.05. The van der Waals surface area contributed by atoms with Crippen LogP contribution in [0, 0.1) is 8.99 Å². The van der Waals surface area contributed by atoms with Crippen LogP contribution in [0.25, 0.3) is 0 Å². The van der Waals surface area contributed by atoms with Gasteiger partial charge in [-0.1, -0.05) is 12.1 Å². The second-order valence-corrected chi connectivity index (χ2v) is 8.28. The van der Waals surface area contributed by atoms with Gasteiger partial charge in [-0.3, -0.25) is 4.79 Å². The van der Waals surface area contributed by atoms with E-state index < -0.39 is 41.8 Å². The predicted octanol–water partition coefficient (Wildman–Crippen LogP) is 1.95. The maximum absolute atomic E-state index is 13.5. The fraction of sp³-hybridized carbons (Fsp3) is 0.556. The normalized spacial score (nSPS) is 15.2. The van der Waals surface area contributed by atoms with Gasteiger partial charge in [-0.25, -0.2) is 4.79 Å². The average Bonchev–Trinajstić information content (AvgIpc) is 2.65. The van der Waals surface area contributed by atoms with Crippen molar-refractivity contribution in [2.75, 3.05) is 13.7 Å². The molecule has 5 N–H and O–H groups in total. The summed E-state index contributed by atoms with van der Waals surface area (Å²) in [7, 11) is 0.975. The van der Waals surface area contributed by atoms with Crippen molar-refractivity contribution < 1.29 is 32.6 Å². The Labute approximate surface area is 180 Å². The number of aliphatic hydroxyl groups is 1. The summed E-state index contributed by atoms with van der Waals surface area (Å²) >= 11 is 2.11. The van der Waals surface area contributed by atoms with Crippen LogP contribution >= 0.6 is 22.6 Å². The van der Waals surface area contributed by atoms with Gasteiger partial charge in [0.2, 0.25) is 5.91 Å². The van der Waals surface area contributed by atoms with Gasteiger partial charge in [0, 0.05) is 10.1 Å². The Hall–Kier alpha value is -1.60. The Balaban J connectivity index is 3.13. The lowest BCUT2D eigenvalue weighted by Gasteiger charge is -2.36. The first-order valence-corrected chi connectivity index (χ1v) is 9.75. The number of hydrogen-bond acceptors (Lipinski definition) is 5. The van der Waals surface area contributed by atoms with E-state index in [1.807, 2.05) is 17.4 Å². The molecule has 0 radical (unpaired) electrons. The minimum Gasteiger partial charge on any atom is -0.453 e. The first-order valence-electron chi connectivity index (χ1n) is 8.67. The van der Waals surface area contributed by atoms with Crippen LogP contribution in [0.5, 0.6) is 0 Å². The van der Waals surface area contributed by atoms with E-state index in [4.69, 9.17) is 5.73 Å². The Morgan fingerprint density at radius 1 is 1.21 bits per heavy atom. The number of amides is 2. The summed E-state index contributed by atoms with van der Waals surface area (Å²) in [6.45, 7) is 1.37. The van der Waals surface area contributed by atoms with E-state index >= 15 is 0 Å². The molecule has 3 atom stereocenters. The number of alkyl halides is 3.